The molecule has 4 heterocycles. The first kappa shape index (κ1) is 31.3. The molecule has 0 amide bonds. The van der Waals surface area contributed by atoms with Gasteiger partial charge in [0.05, 0.1) is 14.0 Å². The van der Waals surface area contributed by atoms with Crippen LogP contribution in [0.3, 0.4) is 0 Å². The fraction of sp³-hybridized carbons (Fsp3) is 0.0370. The number of H-pyrrole nitrogens is 1. The molecule has 13 heteroatoms. The van der Waals surface area contributed by atoms with Gasteiger partial charge in [0.15, 0.2) is 10.9 Å². The second-order valence-electron chi connectivity index (χ2n) is 7.29. The van der Waals surface area contributed by atoms with E-state index in [1.807, 2.05) is 47.0 Å². The predicted molar refractivity (Wildman–Crippen MR) is 155 cm³/mol. The molecule has 0 saturated heterocycles. The van der Waals surface area contributed by atoms with Crippen molar-refractivity contribution in [2.24, 2.45) is 0 Å². The third-order valence-corrected chi connectivity index (χ3v) is 5.50. The van der Waals surface area contributed by atoms with E-state index < -0.39 is 7.15 Å². The number of nitrogens with zero attached hydrogens (tertiary/aromatic N) is 5. The summed E-state index contributed by atoms with van der Waals surface area (Å²) < 4.78 is 17.3. The average molecular weight is 611 g/mol. The number of benzene rings is 2. The van der Waals surface area contributed by atoms with E-state index in [4.69, 9.17) is 36.2 Å². The first-order valence-corrected chi connectivity index (χ1v) is 12.1. The molecule has 0 unspecified atom stereocenters. The summed E-state index contributed by atoms with van der Waals surface area (Å²) >= 11 is 16.5. The second-order valence-corrected chi connectivity index (χ2v) is 8.35. The van der Waals surface area contributed by atoms with Gasteiger partial charge >= 0.3 is 29.6 Å². The smallest absolute Gasteiger partial charge is 1.00 e. The van der Waals surface area contributed by atoms with Crippen LogP contribution in [0.2, 0.25) is 15.7 Å². The zero-order chi connectivity index (χ0) is 28.9. The topological polar surface area (TPSA) is 106 Å². The molecule has 4 aromatic heterocycles. The molecule has 0 radical (unpaired) electrons. The molecule has 6 rings (SSSR count). The summed E-state index contributed by atoms with van der Waals surface area (Å²) in [7, 11) is -1.00. The van der Waals surface area contributed by atoms with Gasteiger partial charge in [-0.3, -0.25) is 14.0 Å². The fourth-order valence-corrected chi connectivity index (χ4v) is 3.77. The van der Waals surface area contributed by atoms with Gasteiger partial charge in [-0.25, -0.2) is 15.0 Å². The maximum Gasteiger partial charge on any atom is 1.00 e. The third-order valence-electron chi connectivity index (χ3n) is 4.92. The van der Waals surface area contributed by atoms with Gasteiger partial charge in [-0.1, -0.05) is 35.9 Å². The molecule has 0 bridgehead atoms. The first-order valence-electron chi connectivity index (χ1n) is 11.7. The Hall–Kier alpha value is -3.18. The van der Waals surface area contributed by atoms with Crippen LogP contribution in [0.5, 0.6) is 0 Å². The van der Waals surface area contributed by atoms with E-state index >= 15 is 0 Å². The van der Waals surface area contributed by atoms with Crippen molar-refractivity contribution in [2.75, 3.05) is 7.15 Å². The summed E-state index contributed by atoms with van der Waals surface area (Å²) in [5.74, 6) is 0.631. The van der Waals surface area contributed by atoms with Crippen LogP contribution in [-0.2, 0) is 0 Å². The molecule has 2 aromatic carbocycles. The summed E-state index contributed by atoms with van der Waals surface area (Å²) in [5, 5.41) is 2.11. The minimum Gasteiger partial charge on any atom is -1.00 e. The Morgan fingerprint density at radius 2 is 1.43 bits per heavy atom. The van der Waals surface area contributed by atoms with Crippen molar-refractivity contribution >= 4 is 56.6 Å². The van der Waals surface area contributed by atoms with Crippen LogP contribution >= 0.6 is 34.8 Å². The standard InChI is InChI=1S/C13H8ClN3O.C9H7NO.C4H2Cl2N2.CH3F.Na.H/c14-13-15-7-5-12(16-13)17-8-6-11(18)9-3-1-2-4-10(9)17;11-9-5-6-10-8-4-2-1-3-7(8)9;5-3-1-2-7-4(6)8-3;1-2;;/h1-8H;1-6H,(H,10,11);1-2H;1H3;;/q;;;;+1;-1/i;;;1D;;. The normalized spacial score (nSPS) is 9.95. The second kappa shape index (κ2) is 16.8. The maximum atomic E-state index is 11.8. The molecule has 8 nitrogen and oxygen atoms in total. The SMILES string of the molecule is Clc1ccnc(Cl)n1.O=c1cc[nH]c2ccccc12.O=c1ccn(-c2ccnc(Cl)n2)c2ccccc12.[2H]CF.[H-].[Na+]. The number of aromatic amines is 1. The van der Waals surface area contributed by atoms with E-state index in [2.05, 4.69) is 24.9 Å². The quantitative estimate of drug-likeness (QED) is 0.174. The summed E-state index contributed by atoms with van der Waals surface area (Å²) in [6, 6.07) is 21.2. The molecule has 40 heavy (non-hydrogen) atoms. The van der Waals surface area contributed by atoms with Crippen molar-refractivity contribution in [2.45, 2.75) is 0 Å². The maximum absolute atomic E-state index is 11.8. The third kappa shape index (κ3) is 9.19. The molecule has 200 valence electrons. The Kier molecular flexibility index (Phi) is 13.2. The van der Waals surface area contributed by atoms with Crippen molar-refractivity contribution in [3.05, 3.63) is 134 Å². The minimum absolute atomic E-state index is 0. The van der Waals surface area contributed by atoms with Gasteiger partial charge in [-0.15, -0.1) is 0 Å². The monoisotopic (exact) mass is 609 g/mol. The van der Waals surface area contributed by atoms with E-state index in [1.165, 1.54) is 18.3 Å². The zero-order valence-corrected chi connectivity index (χ0v) is 25.3. The van der Waals surface area contributed by atoms with Crippen molar-refractivity contribution in [3.8, 4) is 5.82 Å². The van der Waals surface area contributed by atoms with Gasteiger partial charge in [0.2, 0.25) is 10.6 Å². The van der Waals surface area contributed by atoms with E-state index in [1.54, 1.807) is 36.8 Å². The van der Waals surface area contributed by atoms with Crippen LogP contribution in [0.25, 0.3) is 27.6 Å². The molecule has 0 fully saturated rings. The molecule has 0 aliphatic heterocycles. The number of nitrogens with one attached hydrogen (secondary N) is 1. The Labute approximate surface area is 268 Å². The summed E-state index contributed by atoms with van der Waals surface area (Å²) in [6.45, 7) is 0. The van der Waals surface area contributed by atoms with Gasteiger partial charge < -0.3 is 11.0 Å². The predicted octanol–water partition coefficient (Wildman–Crippen LogP) is 3.45. The van der Waals surface area contributed by atoms with E-state index in [0.717, 1.165) is 16.4 Å². The molecule has 1 N–H and O–H groups in total. The Bertz CT molecular complexity index is 1810. The number of alkyl halides is 1. The van der Waals surface area contributed by atoms with Crippen LogP contribution < -0.4 is 40.4 Å². The number of hydrogen-bond donors (Lipinski definition) is 1. The number of halogens is 4. The van der Waals surface area contributed by atoms with Crippen molar-refractivity contribution in [3.63, 3.8) is 0 Å². The minimum atomic E-state index is -1.00. The van der Waals surface area contributed by atoms with Crippen LogP contribution in [0.15, 0.2) is 107 Å². The Morgan fingerprint density at radius 3 is 2.05 bits per heavy atom. The first-order chi connectivity index (χ1) is 19.3. The van der Waals surface area contributed by atoms with Crippen LogP contribution in [0.4, 0.5) is 4.39 Å². The molecule has 0 aliphatic carbocycles. The van der Waals surface area contributed by atoms with Crippen molar-refractivity contribution < 1.29 is 36.7 Å². The fourth-order valence-electron chi connectivity index (χ4n) is 3.30. The molecule has 0 saturated carbocycles. The van der Waals surface area contributed by atoms with Gasteiger partial charge in [-0.05, 0) is 59.6 Å². The number of aromatic nitrogens is 6. The molecular formula is C27H21Cl3FN6NaO2. The summed E-state index contributed by atoms with van der Waals surface area (Å²) in [5.41, 5.74) is 1.74. The van der Waals surface area contributed by atoms with Crippen molar-refractivity contribution in [1.82, 2.24) is 29.5 Å². The average Bonchev–Trinajstić information content (AvgIpc) is 2.95. The molecule has 0 aliphatic rings. The van der Waals surface area contributed by atoms with E-state index in [0.29, 0.717) is 16.4 Å². The van der Waals surface area contributed by atoms with Gasteiger partial charge in [0.25, 0.3) is 0 Å². The Balaban J connectivity index is 0.000000316. The number of pyridine rings is 2. The largest absolute Gasteiger partial charge is 1.00 e. The van der Waals surface area contributed by atoms with Gasteiger partial charge in [0.1, 0.15) is 11.0 Å². The molecular weight excluding hydrogens is 589 g/mol. The van der Waals surface area contributed by atoms with Gasteiger partial charge in [0, 0.05) is 53.2 Å². The van der Waals surface area contributed by atoms with Crippen LogP contribution in [-0.4, -0.2) is 36.6 Å². The summed E-state index contributed by atoms with van der Waals surface area (Å²) in [4.78, 5) is 41.1. The molecule has 0 spiro atoms. The van der Waals surface area contributed by atoms with Crippen molar-refractivity contribution in [1.29, 1.82) is 0 Å². The van der Waals surface area contributed by atoms with E-state index in [9.17, 15) is 14.0 Å². The zero-order valence-electron chi connectivity index (χ0n) is 23.0. The van der Waals surface area contributed by atoms with Crippen LogP contribution in [0.1, 0.15) is 2.80 Å². The Morgan fingerprint density at radius 1 is 0.825 bits per heavy atom. The number of rotatable bonds is 1. The van der Waals surface area contributed by atoms with Crippen LogP contribution in [0, 0.1) is 0 Å². The van der Waals surface area contributed by atoms with Gasteiger partial charge in [-0.2, -0.15) is 4.98 Å². The van der Waals surface area contributed by atoms with E-state index in [-0.39, 0.29) is 52.4 Å². The molecule has 6 aromatic rings. The summed E-state index contributed by atoms with van der Waals surface area (Å²) in [6.07, 6.45) is 6.42. The number of fused-ring (bicyclic) bond motifs is 2. The number of para-hydroxylation sites is 2. The molecule has 0 atom stereocenters. The number of hydrogen-bond acceptors (Lipinski definition) is 6.